The van der Waals surface area contributed by atoms with Crippen molar-refractivity contribution in [2.45, 2.75) is 45.3 Å². The lowest BCUT2D eigenvalue weighted by molar-refractivity contribution is 0.00181. The molecule has 2 nitrogen and oxygen atoms in total. The molecular weight excluding hydrogens is 218 g/mol. The van der Waals surface area contributed by atoms with Gasteiger partial charge < -0.3 is 10.4 Å². The van der Waals surface area contributed by atoms with Crippen LogP contribution in [0.3, 0.4) is 0 Å². The first kappa shape index (κ1) is 12.1. The van der Waals surface area contributed by atoms with Gasteiger partial charge in [-0.2, -0.15) is 0 Å². The molecule has 2 heterocycles. The van der Waals surface area contributed by atoms with Crippen LogP contribution in [0.25, 0.3) is 0 Å². The second-order valence-corrected chi connectivity index (χ2v) is 6.48. The molecular formula is C13H21NOS. The molecule has 1 aromatic heterocycles. The Morgan fingerprint density at radius 1 is 1.50 bits per heavy atom. The zero-order valence-electron chi connectivity index (χ0n) is 10.3. The van der Waals surface area contributed by atoms with E-state index in [1.54, 1.807) is 11.3 Å². The zero-order valence-corrected chi connectivity index (χ0v) is 11.1. The minimum atomic E-state index is -0.729. The molecule has 0 aromatic carbocycles. The molecule has 90 valence electrons. The van der Waals surface area contributed by atoms with Crippen LogP contribution in [0.15, 0.2) is 12.1 Å². The second-order valence-electron chi connectivity index (χ2n) is 5.19. The minimum Gasteiger partial charge on any atom is -0.383 e. The predicted molar refractivity (Wildman–Crippen MR) is 68.8 cm³/mol. The van der Waals surface area contributed by atoms with Crippen LogP contribution in [-0.2, 0) is 5.60 Å². The van der Waals surface area contributed by atoms with Gasteiger partial charge in [-0.1, -0.05) is 6.92 Å². The maximum Gasteiger partial charge on any atom is 0.111 e. The van der Waals surface area contributed by atoms with Gasteiger partial charge in [0, 0.05) is 15.8 Å². The fourth-order valence-corrected chi connectivity index (χ4v) is 3.38. The van der Waals surface area contributed by atoms with Crippen molar-refractivity contribution < 1.29 is 5.11 Å². The lowest BCUT2D eigenvalue weighted by atomic mass is 9.84. The summed E-state index contributed by atoms with van der Waals surface area (Å²) in [6, 6.07) is 4.33. The molecule has 3 heteroatoms. The van der Waals surface area contributed by atoms with E-state index >= 15 is 0 Å². The Morgan fingerprint density at radius 3 is 2.81 bits per heavy atom. The smallest absolute Gasteiger partial charge is 0.111 e. The molecule has 1 aromatic rings. The summed E-state index contributed by atoms with van der Waals surface area (Å²) in [5.74, 6) is 0.707. The third-order valence-corrected chi connectivity index (χ3v) is 4.81. The molecule has 1 fully saturated rings. The van der Waals surface area contributed by atoms with Crippen LogP contribution in [0.2, 0.25) is 0 Å². The highest BCUT2D eigenvalue weighted by atomic mass is 32.1. The number of aliphatic hydroxyl groups is 1. The van der Waals surface area contributed by atoms with E-state index < -0.39 is 5.60 Å². The molecule has 0 spiro atoms. The van der Waals surface area contributed by atoms with Gasteiger partial charge in [0.05, 0.1) is 0 Å². The van der Waals surface area contributed by atoms with Gasteiger partial charge >= 0.3 is 0 Å². The Morgan fingerprint density at radius 2 is 2.25 bits per heavy atom. The molecule has 0 amide bonds. The second kappa shape index (κ2) is 4.47. The third-order valence-electron chi connectivity index (χ3n) is 3.58. The highest BCUT2D eigenvalue weighted by Crippen LogP contribution is 2.34. The van der Waals surface area contributed by atoms with Gasteiger partial charge in [0.2, 0.25) is 0 Å². The van der Waals surface area contributed by atoms with Gasteiger partial charge in [-0.3, -0.25) is 0 Å². The monoisotopic (exact) mass is 239 g/mol. The van der Waals surface area contributed by atoms with Crippen molar-refractivity contribution >= 4 is 11.3 Å². The predicted octanol–water partition coefficient (Wildman–Crippen LogP) is 2.65. The molecule has 3 atom stereocenters. The van der Waals surface area contributed by atoms with E-state index in [-0.39, 0.29) is 6.04 Å². The van der Waals surface area contributed by atoms with Gasteiger partial charge in [0.15, 0.2) is 0 Å². The molecule has 0 aliphatic carbocycles. The summed E-state index contributed by atoms with van der Waals surface area (Å²) in [7, 11) is 0. The maximum atomic E-state index is 10.7. The Bertz CT molecular complexity index is 359. The summed E-state index contributed by atoms with van der Waals surface area (Å²) < 4.78 is 0. The summed E-state index contributed by atoms with van der Waals surface area (Å²) in [5, 5.41) is 14.1. The molecule has 1 saturated heterocycles. The van der Waals surface area contributed by atoms with Crippen LogP contribution < -0.4 is 5.32 Å². The summed E-state index contributed by atoms with van der Waals surface area (Å²) >= 11 is 1.70. The van der Waals surface area contributed by atoms with Gasteiger partial charge in [-0.25, -0.2) is 0 Å². The SMILES string of the molecule is Cc1ccc(C(C)(O)C2CC(C)CCN2)s1. The summed E-state index contributed by atoms with van der Waals surface area (Å²) in [4.78, 5) is 2.34. The Hall–Kier alpha value is -0.380. The summed E-state index contributed by atoms with van der Waals surface area (Å²) in [6.07, 6.45) is 2.28. The van der Waals surface area contributed by atoms with Crippen LogP contribution >= 0.6 is 11.3 Å². The summed E-state index contributed by atoms with van der Waals surface area (Å²) in [6.45, 7) is 7.31. The van der Waals surface area contributed by atoms with E-state index in [4.69, 9.17) is 0 Å². The average Bonchev–Trinajstić information content (AvgIpc) is 2.65. The fraction of sp³-hybridized carbons (Fsp3) is 0.692. The first-order chi connectivity index (χ1) is 7.50. The van der Waals surface area contributed by atoms with Crippen molar-refractivity contribution in [1.29, 1.82) is 0 Å². The van der Waals surface area contributed by atoms with Crippen molar-refractivity contribution in [3.63, 3.8) is 0 Å². The van der Waals surface area contributed by atoms with E-state index in [1.807, 2.05) is 6.92 Å². The quantitative estimate of drug-likeness (QED) is 0.831. The van der Waals surface area contributed by atoms with Crippen LogP contribution in [-0.4, -0.2) is 17.7 Å². The number of piperidine rings is 1. The molecule has 1 aliphatic rings. The van der Waals surface area contributed by atoms with Crippen molar-refractivity contribution in [2.75, 3.05) is 6.54 Å². The first-order valence-corrected chi connectivity index (χ1v) is 6.84. The summed E-state index contributed by atoms with van der Waals surface area (Å²) in [5.41, 5.74) is -0.729. The van der Waals surface area contributed by atoms with Crippen LogP contribution in [0.5, 0.6) is 0 Å². The fourth-order valence-electron chi connectivity index (χ4n) is 2.41. The van der Waals surface area contributed by atoms with E-state index in [0.717, 1.165) is 17.8 Å². The minimum absolute atomic E-state index is 0.189. The average molecular weight is 239 g/mol. The molecule has 0 bridgehead atoms. The van der Waals surface area contributed by atoms with Crippen molar-refractivity contribution in [3.8, 4) is 0 Å². The normalized spacial score (nSPS) is 30.0. The first-order valence-electron chi connectivity index (χ1n) is 6.03. The van der Waals surface area contributed by atoms with Crippen LogP contribution in [0.4, 0.5) is 0 Å². The lowest BCUT2D eigenvalue weighted by Gasteiger charge is -2.38. The Balaban J connectivity index is 2.17. The largest absolute Gasteiger partial charge is 0.383 e. The van der Waals surface area contributed by atoms with E-state index in [2.05, 4.69) is 31.3 Å². The number of aryl methyl sites for hydroxylation is 1. The number of nitrogens with one attached hydrogen (secondary N) is 1. The Kier molecular flexibility index (Phi) is 3.38. The van der Waals surface area contributed by atoms with E-state index in [9.17, 15) is 5.11 Å². The highest BCUT2D eigenvalue weighted by Gasteiger charge is 2.37. The number of hydrogen-bond donors (Lipinski definition) is 2. The van der Waals surface area contributed by atoms with E-state index in [0.29, 0.717) is 5.92 Å². The van der Waals surface area contributed by atoms with Gasteiger partial charge in [-0.15, -0.1) is 11.3 Å². The number of thiophene rings is 1. The molecule has 1 aliphatic heterocycles. The van der Waals surface area contributed by atoms with E-state index in [1.165, 1.54) is 11.3 Å². The molecule has 0 saturated carbocycles. The molecule has 2 rings (SSSR count). The van der Waals surface area contributed by atoms with Gasteiger partial charge in [0.25, 0.3) is 0 Å². The van der Waals surface area contributed by atoms with Crippen LogP contribution in [0.1, 0.15) is 36.4 Å². The van der Waals surface area contributed by atoms with Gasteiger partial charge in [0.1, 0.15) is 5.60 Å². The zero-order chi connectivity index (χ0) is 11.8. The lowest BCUT2D eigenvalue weighted by Crippen LogP contribution is -2.50. The Labute approximate surface area is 102 Å². The molecule has 16 heavy (non-hydrogen) atoms. The third kappa shape index (κ3) is 2.31. The number of rotatable bonds is 2. The molecule has 2 N–H and O–H groups in total. The molecule has 0 radical (unpaired) electrons. The molecule has 3 unspecified atom stereocenters. The van der Waals surface area contributed by atoms with Gasteiger partial charge in [-0.05, 0) is 51.3 Å². The van der Waals surface area contributed by atoms with Crippen molar-refractivity contribution in [3.05, 3.63) is 21.9 Å². The number of hydrogen-bond acceptors (Lipinski definition) is 3. The van der Waals surface area contributed by atoms with Crippen molar-refractivity contribution in [2.24, 2.45) is 5.92 Å². The van der Waals surface area contributed by atoms with Crippen LogP contribution in [0, 0.1) is 12.8 Å². The van der Waals surface area contributed by atoms with Crippen molar-refractivity contribution in [1.82, 2.24) is 5.32 Å². The topological polar surface area (TPSA) is 32.3 Å². The maximum absolute atomic E-state index is 10.7. The standard InChI is InChI=1S/C13H21NOS/c1-9-6-7-14-11(8-9)13(3,15)12-5-4-10(2)16-12/h4-5,9,11,14-15H,6-8H2,1-3H3. The highest BCUT2D eigenvalue weighted by molar-refractivity contribution is 7.12.